The number of carbonyl (C=O) groups is 2. The summed E-state index contributed by atoms with van der Waals surface area (Å²) in [6.45, 7) is 3.25. The van der Waals surface area contributed by atoms with Gasteiger partial charge < -0.3 is 10.2 Å². The molecule has 4 aromatic rings. The van der Waals surface area contributed by atoms with Crippen molar-refractivity contribution in [3.63, 3.8) is 0 Å². The quantitative estimate of drug-likeness (QED) is 0.218. The molecule has 0 radical (unpaired) electrons. The zero-order chi connectivity index (χ0) is 31.0. The number of benzene rings is 4. The average Bonchev–Trinajstić information content (AvgIpc) is 3.00. The molecule has 0 aliphatic carbocycles. The number of hydrogen-bond donors (Lipinski definition) is 1. The minimum atomic E-state index is -4.26. The van der Waals surface area contributed by atoms with Crippen LogP contribution in [-0.2, 0) is 32.6 Å². The average molecular weight is 622 g/mol. The second kappa shape index (κ2) is 14.3. The third-order valence-electron chi connectivity index (χ3n) is 6.90. The van der Waals surface area contributed by atoms with Crippen molar-refractivity contribution in [2.45, 2.75) is 37.8 Å². The topological polar surface area (TPSA) is 86.8 Å². The summed E-state index contributed by atoms with van der Waals surface area (Å²) in [5.74, 6) is -1.47. The van der Waals surface area contributed by atoms with Crippen molar-refractivity contribution in [1.82, 2.24) is 10.2 Å². The number of rotatable bonds is 12. The normalized spacial score (nSPS) is 11.9. The molecule has 0 saturated heterocycles. The molecule has 1 atom stereocenters. The van der Waals surface area contributed by atoms with Crippen molar-refractivity contribution in [3.05, 3.63) is 131 Å². The van der Waals surface area contributed by atoms with E-state index in [0.29, 0.717) is 12.1 Å². The van der Waals surface area contributed by atoms with E-state index in [4.69, 9.17) is 11.6 Å². The largest absolute Gasteiger partial charge is 0.355 e. The summed E-state index contributed by atoms with van der Waals surface area (Å²) in [6, 6.07) is 26.5. The number of likely N-dealkylation sites (N-methyl/N-ethyl adjacent to an activating group) is 1. The van der Waals surface area contributed by atoms with Gasteiger partial charge in [0.2, 0.25) is 11.8 Å². The van der Waals surface area contributed by atoms with Crippen LogP contribution in [0.15, 0.2) is 108 Å². The predicted octanol–water partition coefficient (Wildman–Crippen LogP) is 5.76. The van der Waals surface area contributed by atoms with E-state index in [1.54, 1.807) is 37.3 Å². The van der Waals surface area contributed by atoms with Crippen molar-refractivity contribution in [2.24, 2.45) is 0 Å². The molecule has 0 bridgehead atoms. The van der Waals surface area contributed by atoms with Gasteiger partial charge in [-0.2, -0.15) is 0 Å². The number of para-hydroxylation sites is 1. The third kappa shape index (κ3) is 8.00. The number of nitrogens with zero attached hydrogens (tertiary/aromatic N) is 2. The van der Waals surface area contributed by atoms with Gasteiger partial charge >= 0.3 is 0 Å². The highest BCUT2D eigenvalue weighted by molar-refractivity contribution is 7.92. The standard InChI is InChI=1S/C33H33ClFN3O4S/c1-3-36-33(40)31(21-25-9-5-4-6-10-25)37(22-26-15-17-27(35)18-16-26)32(39)23-38(30-12-8-7-11-29(30)34)43(41,42)28-19-13-24(2)14-20-28/h4-20,31H,3,21-23H2,1-2H3,(H,36,40)/t31-/m0/s1. The monoisotopic (exact) mass is 621 g/mol. The van der Waals surface area contributed by atoms with Crippen LogP contribution in [0.5, 0.6) is 0 Å². The summed E-state index contributed by atoms with van der Waals surface area (Å²) in [6.07, 6.45) is 0.177. The molecule has 0 unspecified atom stereocenters. The summed E-state index contributed by atoms with van der Waals surface area (Å²) in [4.78, 5) is 29.1. The molecule has 0 aromatic heterocycles. The van der Waals surface area contributed by atoms with E-state index in [1.165, 1.54) is 47.4 Å². The van der Waals surface area contributed by atoms with E-state index in [9.17, 15) is 22.4 Å². The van der Waals surface area contributed by atoms with Crippen LogP contribution in [0.3, 0.4) is 0 Å². The van der Waals surface area contributed by atoms with Crippen LogP contribution < -0.4 is 9.62 Å². The van der Waals surface area contributed by atoms with Crippen LogP contribution in [0, 0.1) is 12.7 Å². The Morgan fingerprint density at radius 2 is 1.49 bits per heavy atom. The molecule has 0 aliphatic rings. The van der Waals surface area contributed by atoms with Crippen LogP contribution in [-0.4, -0.2) is 44.3 Å². The fourth-order valence-corrected chi connectivity index (χ4v) is 6.36. The number of aryl methyl sites for hydroxylation is 1. The molecule has 1 N–H and O–H groups in total. The minimum Gasteiger partial charge on any atom is -0.355 e. The first-order valence-corrected chi connectivity index (χ1v) is 15.6. The summed E-state index contributed by atoms with van der Waals surface area (Å²) in [5.41, 5.74) is 2.38. The van der Waals surface area contributed by atoms with Gasteiger partial charge in [0, 0.05) is 19.5 Å². The number of sulfonamides is 1. The Kier molecular flexibility index (Phi) is 10.6. The zero-order valence-corrected chi connectivity index (χ0v) is 25.5. The molecule has 7 nitrogen and oxygen atoms in total. The molecule has 0 saturated carbocycles. The fraction of sp³-hybridized carbons (Fsp3) is 0.212. The smallest absolute Gasteiger partial charge is 0.264 e. The highest BCUT2D eigenvalue weighted by atomic mass is 35.5. The number of anilines is 1. The van der Waals surface area contributed by atoms with Crippen LogP contribution >= 0.6 is 11.6 Å². The number of carbonyl (C=O) groups excluding carboxylic acids is 2. The number of halogens is 2. The number of hydrogen-bond acceptors (Lipinski definition) is 4. The Hall–Kier alpha value is -4.21. The third-order valence-corrected chi connectivity index (χ3v) is 8.99. The SMILES string of the molecule is CCNC(=O)[C@H](Cc1ccccc1)N(Cc1ccc(F)cc1)C(=O)CN(c1ccccc1Cl)S(=O)(=O)c1ccc(C)cc1. The van der Waals surface area contributed by atoms with Crippen LogP contribution in [0.2, 0.25) is 5.02 Å². The van der Waals surface area contributed by atoms with Gasteiger partial charge in [0.15, 0.2) is 0 Å². The molecular weight excluding hydrogens is 589 g/mol. The molecule has 2 amide bonds. The Morgan fingerprint density at radius 3 is 2.12 bits per heavy atom. The van der Waals surface area contributed by atoms with Crippen LogP contribution in [0.1, 0.15) is 23.6 Å². The fourth-order valence-electron chi connectivity index (χ4n) is 4.64. The molecule has 4 rings (SSSR count). The molecule has 0 spiro atoms. The molecule has 43 heavy (non-hydrogen) atoms. The van der Waals surface area contributed by atoms with E-state index in [0.717, 1.165) is 15.4 Å². The van der Waals surface area contributed by atoms with Gasteiger partial charge in [-0.3, -0.25) is 13.9 Å². The molecule has 0 heterocycles. The molecule has 224 valence electrons. The van der Waals surface area contributed by atoms with E-state index in [2.05, 4.69) is 5.32 Å². The van der Waals surface area contributed by atoms with Crippen molar-refractivity contribution in [2.75, 3.05) is 17.4 Å². The first kappa shape index (κ1) is 31.7. The van der Waals surface area contributed by atoms with Gasteiger partial charge in [0.05, 0.1) is 15.6 Å². The Bertz CT molecular complexity index is 1650. The molecular formula is C33H33ClFN3O4S. The minimum absolute atomic E-state index is 0.0135. The second-order valence-corrected chi connectivity index (χ2v) is 12.3. The Balaban J connectivity index is 1.80. The van der Waals surface area contributed by atoms with E-state index in [1.807, 2.05) is 37.3 Å². The van der Waals surface area contributed by atoms with Crippen molar-refractivity contribution < 1.29 is 22.4 Å². The highest BCUT2D eigenvalue weighted by Crippen LogP contribution is 2.31. The van der Waals surface area contributed by atoms with Gasteiger partial charge in [-0.15, -0.1) is 0 Å². The van der Waals surface area contributed by atoms with Gasteiger partial charge in [-0.05, 0) is 61.4 Å². The molecule has 4 aromatic carbocycles. The lowest BCUT2D eigenvalue weighted by atomic mass is 10.0. The van der Waals surface area contributed by atoms with Crippen LogP contribution in [0.25, 0.3) is 0 Å². The van der Waals surface area contributed by atoms with Crippen molar-refractivity contribution >= 4 is 39.1 Å². The molecule has 10 heteroatoms. The maximum absolute atomic E-state index is 14.3. The predicted molar refractivity (Wildman–Crippen MR) is 167 cm³/mol. The summed E-state index contributed by atoms with van der Waals surface area (Å²) >= 11 is 6.48. The lowest BCUT2D eigenvalue weighted by molar-refractivity contribution is -0.140. The Labute approximate surface area is 257 Å². The lowest BCUT2D eigenvalue weighted by Crippen LogP contribution is -2.53. The maximum atomic E-state index is 14.3. The number of nitrogens with one attached hydrogen (secondary N) is 1. The maximum Gasteiger partial charge on any atom is 0.264 e. The zero-order valence-electron chi connectivity index (χ0n) is 23.9. The van der Waals surface area contributed by atoms with Gasteiger partial charge in [0.1, 0.15) is 18.4 Å². The highest BCUT2D eigenvalue weighted by Gasteiger charge is 2.35. The second-order valence-electron chi connectivity index (χ2n) is 10.0. The summed E-state index contributed by atoms with van der Waals surface area (Å²) in [7, 11) is -4.26. The van der Waals surface area contributed by atoms with E-state index in [-0.39, 0.29) is 28.6 Å². The van der Waals surface area contributed by atoms with Crippen molar-refractivity contribution in [1.29, 1.82) is 0 Å². The first-order chi connectivity index (χ1) is 20.6. The van der Waals surface area contributed by atoms with Gasteiger partial charge in [-0.1, -0.05) is 83.9 Å². The Morgan fingerprint density at radius 1 is 0.860 bits per heavy atom. The number of amides is 2. The lowest BCUT2D eigenvalue weighted by Gasteiger charge is -2.34. The van der Waals surface area contributed by atoms with Gasteiger partial charge in [-0.25, -0.2) is 12.8 Å². The van der Waals surface area contributed by atoms with Crippen molar-refractivity contribution in [3.8, 4) is 0 Å². The van der Waals surface area contributed by atoms with Gasteiger partial charge in [0.25, 0.3) is 10.0 Å². The van der Waals surface area contributed by atoms with E-state index >= 15 is 0 Å². The summed E-state index contributed by atoms with van der Waals surface area (Å²) in [5, 5.41) is 2.95. The summed E-state index contributed by atoms with van der Waals surface area (Å²) < 4.78 is 42.8. The molecule has 0 aliphatic heterocycles. The van der Waals surface area contributed by atoms with E-state index < -0.39 is 40.2 Å². The molecule has 0 fully saturated rings. The first-order valence-electron chi connectivity index (χ1n) is 13.8. The van der Waals surface area contributed by atoms with Crippen LogP contribution in [0.4, 0.5) is 10.1 Å².